The van der Waals surface area contributed by atoms with Crippen LogP contribution in [0.25, 0.3) is 0 Å². The van der Waals surface area contributed by atoms with Crippen molar-refractivity contribution in [2.75, 3.05) is 5.75 Å². The second-order valence-electron chi connectivity index (χ2n) is 4.02. The van der Waals surface area contributed by atoms with Gasteiger partial charge in [0.25, 0.3) is 10.1 Å². The summed E-state index contributed by atoms with van der Waals surface area (Å²) in [4.78, 5) is 11.2. The Morgan fingerprint density at radius 3 is 2.29 bits per heavy atom. The van der Waals surface area contributed by atoms with E-state index in [0.717, 1.165) is 11.1 Å². The van der Waals surface area contributed by atoms with Crippen molar-refractivity contribution in [3.8, 4) is 0 Å². The number of benzene rings is 1. The predicted molar refractivity (Wildman–Crippen MR) is 60.1 cm³/mol. The van der Waals surface area contributed by atoms with E-state index in [0.29, 0.717) is 12.8 Å². The van der Waals surface area contributed by atoms with Gasteiger partial charge in [0.1, 0.15) is 6.10 Å². The highest BCUT2D eigenvalue weighted by Crippen LogP contribution is 2.23. The van der Waals surface area contributed by atoms with Crippen molar-refractivity contribution in [1.82, 2.24) is 0 Å². The van der Waals surface area contributed by atoms with Crippen LogP contribution in [-0.2, 0) is 32.5 Å². The molecule has 0 heterocycles. The van der Waals surface area contributed by atoms with Gasteiger partial charge in [-0.3, -0.25) is 9.35 Å². The topological polar surface area (TPSA) is 80.7 Å². The Hall–Kier alpha value is -1.40. The highest BCUT2D eigenvalue weighted by Gasteiger charge is 2.25. The van der Waals surface area contributed by atoms with Gasteiger partial charge in [-0.2, -0.15) is 8.42 Å². The fourth-order valence-electron chi connectivity index (χ4n) is 1.97. The van der Waals surface area contributed by atoms with E-state index < -0.39 is 21.8 Å². The van der Waals surface area contributed by atoms with Crippen molar-refractivity contribution >= 4 is 16.1 Å². The van der Waals surface area contributed by atoms with Gasteiger partial charge >= 0.3 is 5.97 Å². The minimum Gasteiger partial charge on any atom is -0.461 e. The molecule has 0 saturated carbocycles. The van der Waals surface area contributed by atoms with Crippen LogP contribution in [-0.4, -0.2) is 30.8 Å². The Morgan fingerprint density at radius 2 is 1.82 bits per heavy atom. The largest absolute Gasteiger partial charge is 0.461 e. The molecule has 0 amide bonds. The normalized spacial score (nSPS) is 15.6. The summed E-state index contributed by atoms with van der Waals surface area (Å²) >= 11 is 0. The molecule has 0 bridgehead atoms. The molecule has 1 aromatic carbocycles. The average Bonchev–Trinajstić information content (AvgIpc) is 2.55. The molecule has 0 unspecified atom stereocenters. The summed E-state index contributed by atoms with van der Waals surface area (Å²) in [5, 5.41) is 0. The molecule has 1 aromatic rings. The number of hydrogen-bond donors (Lipinski definition) is 1. The third kappa shape index (κ3) is 3.28. The Balaban J connectivity index is 1.94. The Bertz CT molecular complexity index is 510. The summed E-state index contributed by atoms with van der Waals surface area (Å²) in [7, 11) is -4.31. The van der Waals surface area contributed by atoms with Crippen molar-refractivity contribution in [3.63, 3.8) is 0 Å². The predicted octanol–water partition coefficient (Wildman–Crippen LogP) is 0.585. The highest BCUT2D eigenvalue weighted by molar-refractivity contribution is 7.86. The summed E-state index contributed by atoms with van der Waals surface area (Å²) in [6.45, 7) is 0. The first-order valence-corrected chi connectivity index (χ1v) is 6.76. The molecular formula is C11H12O5S. The second-order valence-corrected chi connectivity index (χ2v) is 5.47. The van der Waals surface area contributed by atoms with Gasteiger partial charge in [0.05, 0.1) is 0 Å². The molecule has 6 heteroatoms. The lowest BCUT2D eigenvalue weighted by molar-refractivity contribution is -0.145. The standard InChI is InChI=1S/C11H12O5S/c12-11(7-17(13,14)15)16-10-5-8-3-1-2-4-9(8)6-10/h1-4,10H,5-7H2,(H,13,14,15). The van der Waals surface area contributed by atoms with Crippen molar-refractivity contribution in [1.29, 1.82) is 0 Å². The van der Waals surface area contributed by atoms with Gasteiger partial charge in [-0.15, -0.1) is 0 Å². The van der Waals surface area contributed by atoms with E-state index in [2.05, 4.69) is 0 Å². The molecule has 5 nitrogen and oxygen atoms in total. The number of ether oxygens (including phenoxy) is 1. The fourth-order valence-corrected chi connectivity index (χ4v) is 2.34. The Kier molecular flexibility index (Phi) is 3.17. The lowest BCUT2D eigenvalue weighted by Gasteiger charge is -2.10. The minimum absolute atomic E-state index is 0.332. The molecule has 1 aliphatic rings. The third-order valence-electron chi connectivity index (χ3n) is 2.61. The Morgan fingerprint density at radius 1 is 1.29 bits per heavy atom. The summed E-state index contributed by atoms with van der Waals surface area (Å²) < 4.78 is 34.5. The number of fused-ring (bicyclic) bond motifs is 1. The van der Waals surface area contributed by atoms with E-state index in [1.807, 2.05) is 24.3 Å². The Labute approximate surface area is 99.2 Å². The molecule has 2 rings (SSSR count). The maximum Gasteiger partial charge on any atom is 0.323 e. The van der Waals surface area contributed by atoms with Gasteiger partial charge < -0.3 is 4.74 Å². The molecule has 1 N–H and O–H groups in total. The van der Waals surface area contributed by atoms with Crippen LogP contribution >= 0.6 is 0 Å². The quantitative estimate of drug-likeness (QED) is 0.632. The van der Waals surface area contributed by atoms with Crippen LogP contribution in [0.5, 0.6) is 0 Å². The van der Waals surface area contributed by atoms with Gasteiger partial charge in [0.15, 0.2) is 5.75 Å². The molecule has 0 aromatic heterocycles. The van der Waals surface area contributed by atoms with Crippen LogP contribution in [0.2, 0.25) is 0 Å². The summed E-state index contributed by atoms with van der Waals surface area (Å²) in [5.74, 6) is -1.90. The monoisotopic (exact) mass is 256 g/mol. The number of rotatable bonds is 3. The number of carbonyl (C=O) groups excluding carboxylic acids is 1. The summed E-state index contributed by atoms with van der Waals surface area (Å²) in [6, 6.07) is 7.71. The molecule has 0 spiro atoms. The van der Waals surface area contributed by atoms with Crippen LogP contribution in [0, 0.1) is 0 Å². The zero-order chi connectivity index (χ0) is 12.5. The molecule has 92 valence electrons. The maximum absolute atomic E-state index is 11.2. The molecular weight excluding hydrogens is 244 g/mol. The maximum atomic E-state index is 11.2. The van der Waals surface area contributed by atoms with Crippen LogP contribution in [0.15, 0.2) is 24.3 Å². The number of esters is 1. The summed E-state index contributed by atoms with van der Waals surface area (Å²) in [5.41, 5.74) is 2.22. The number of hydrogen-bond acceptors (Lipinski definition) is 4. The lowest BCUT2D eigenvalue weighted by Crippen LogP contribution is -2.24. The van der Waals surface area contributed by atoms with Crippen LogP contribution in [0.4, 0.5) is 0 Å². The van der Waals surface area contributed by atoms with Gasteiger partial charge in [0, 0.05) is 12.8 Å². The first-order valence-electron chi connectivity index (χ1n) is 5.15. The molecule has 0 saturated heterocycles. The van der Waals surface area contributed by atoms with Crippen LogP contribution < -0.4 is 0 Å². The molecule has 17 heavy (non-hydrogen) atoms. The number of carbonyl (C=O) groups is 1. The highest BCUT2D eigenvalue weighted by atomic mass is 32.2. The van der Waals surface area contributed by atoms with E-state index >= 15 is 0 Å². The van der Waals surface area contributed by atoms with Gasteiger partial charge in [-0.1, -0.05) is 24.3 Å². The minimum atomic E-state index is -4.31. The molecule has 0 fully saturated rings. The van der Waals surface area contributed by atoms with E-state index in [-0.39, 0.29) is 6.10 Å². The van der Waals surface area contributed by atoms with Crippen molar-refractivity contribution in [2.45, 2.75) is 18.9 Å². The first kappa shape index (κ1) is 12.1. The van der Waals surface area contributed by atoms with Gasteiger partial charge in [-0.25, -0.2) is 0 Å². The summed E-state index contributed by atoms with van der Waals surface area (Å²) in [6.07, 6.45) is 0.850. The van der Waals surface area contributed by atoms with Gasteiger partial charge in [0.2, 0.25) is 0 Å². The average molecular weight is 256 g/mol. The molecule has 0 atom stereocenters. The van der Waals surface area contributed by atoms with Gasteiger partial charge in [-0.05, 0) is 11.1 Å². The van der Waals surface area contributed by atoms with Crippen LogP contribution in [0.3, 0.4) is 0 Å². The molecule has 0 radical (unpaired) electrons. The van der Waals surface area contributed by atoms with E-state index in [9.17, 15) is 13.2 Å². The zero-order valence-electron chi connectivity index (χ0n) is 9.00. The van der Waals surface area contributed by atoms with Crippen molar-refractivity contribution in [2.24, 2.45) is 0 Å². The lowest BCUT2D eigenvalue weighted by atomic mass is 10.1. The van der Waals surface area contributed by atoms with Crippen molar-refractivity contribution < 1.29 is 22.5 Å². The second kappa shape index (κ2) is 4.46. The first-order chi connectivity index (χ1) is 7.94. The fraction of sp³-hybridized carbons (Fsp3) is 0.364. The van der Waals surface area contributed by atoms with E-state index in [1.54, 1.807) is 0 Å². The smallest absolute Gasteiger partial charge is 0.323 e. The van der Waals surface area contributed by atoms with Crippen LogP contribution in [0.1, 0.15) is 11.1 Å². The molecule has 1 aliphatic carbocycles. The third-order valence-corrected chi connectivity index (χ3v) is 3.21. The molecule has 0 aliphatic heterocycles. The zero-order valence-corrected chi connectivity index (χ0v) is 9.81. The van der Waals surface area contributed by atoms with Crippen molar-refractivity contribution in [3.05, 3.63) is 35.4 Å². The SMILES string of the molecule is O=C(CS(=O)(=O)O)OC1Cc2ccccc2C1. The van der Waals surface area contributed by atoms with E-state index in [1.165, 1.54) is 0 Å². The van der Waals surface area contributed by atoms with E-state index in [4.69, 9.17) is 9.29 Å².